The van der Waals surface area contributed by atoms with Gasteiger partial charge in [0.05, 0.1) is 0 Å². The molecule has 0 radical (unpaired) electrons. The van der Waals surface area contributed by atoms with E-state index < -0.39 is 6.04 Å². The molecule has 1 N–H and O–H groups in total. The Morgan fingerprint density at radius 3 is 2.45 bits per heavy atom. The first-order valence-corrected chi connectivity index (χ1v) is 12.2. The van der Waals surface area contributed by atoms with Crippen molar-refractivity contribution in [2.45, 2.75) is 71.5 Å². The van der Waals surface area contributed by atoms with Gasteiger partial charge in [-0.2, -0.15) is 0 Å². The van der Waals surface area contributed by atoms with Gasteiger partial charge in [-0.25, -0.2) is 0 Å². The minimum absolute atomic E-state index is 0.161. The molecule has 1 atom stereocenters. The number of carbonyl (C=O) groups excluding carboxylic acids is 2. The number of amides is 2. The Kier molecular flexibility index (Phi) is 9.04. The van der Waals surface area contributed by atoms with Gasteiger partial charge in [0.1, 0.15) is 11.8 Å². The number of rotatable bonds is 8. The summed E-state index contributed by atoms with van der Waals surface area (Å²) in [6, 6.07) is 10.3. The van der Waals surface area contributed by atoms with Crippen molar-refractivity contribution in [3.8, 4) is 5.75 Å². The molecule has 1 aliphatic carbocycles. The lowest BCUT2D eigenvalue weighted by Crippen LogP contribution is -2.51. The van der Waals surface area contributed by atoms with Gasteiger partial charge < -0.3 is 15.0 Å². The molecule has 2 amide bonds. The highest BCUT2D eigenvalue weighted by Gasteiger charge is 2.29. The molecule has 0 bridgehead atoms. The van der Waals surface area contributed by atoms with E-state index in [1.807, 2.05) is 32.0 Å². The van der Waals surface area contributed by atoms with Crippen molar-refractivity contribution in [3.05, 3.63) is 63.1 Å². The zero-order chi connectivity index (χ0) is 24.0. The van der Waals surface area contributed by atoms with Crippen LogP contribution in [0.1, 0.15) is 55.7 Å². The van der Waals surface area contributed by atoms with Crippen LogP contribution in [0.25, 0.3) is 0 Å². The molecule has 7 heteroatoms. The molecule has 0 aromatic heterocycles. The molecule has 1 aliphatic rings. The first-order chi connectivity index (χ1) is 15.7. The number of halogens is 2. The van der Waals surface area contributed by atoms with Gasteiger partial charge >= 0.3 is 0 Å². The van der Waals surface area contributed by atoms with Gasteiger partial charge in [-0.15, -0.1) is 0 Å². The third-order valence-corrected chi connectivity index (χ3v) is 6.90. The van der Waals surface area contributed by atoms with E-state index in [2.05, 4.69) is 5.32 Å². The topological polar surface area (TPSA) is 58.6 Å². The van der Waals surface area contributed by atoms with Gasteiger partial charge in [-0.05, 0) is 74.6 Å². The summed E-state index contributed by atoms with van der Waals surface area (Å²) in [5, 5.41) is 4.09. The zero-order valence-corrected chi connectivity index (χ0v) is 21.0. The number of aryl methyl sites for hydroxylation is 2. The third kappa shape index (κ3) is 7.12. The van der Waals surface area contributed by atoms with Gasteiger partial charge in [0.2, 0.25) is 5.91 Å². The van der Waals surface area contributed by atoms with E-state index >= 15 is 0 Å². The normalized spacial score (nSPS) is 15.1. The van der Waals surface area contributed by atoms with E-state index in [1.165, 1.54) is 11.3 Å². The maximum Gasteiger partial charge on any atom is 0.261 e. The van der Waals surface area contributed by atoms with E-state index in [4.69, 9.17) is 27.9 Å². The molecule has 5 nitrogen and oxygen atoms in total. The van der Waals surface area contributed by atoms with Crippen LogP contribution in [0.2, 0.25) is 10.0 Å². The summed E-state index contributed by atoms with van der Waals surface area (Å²) in [5.74, 6) is 0.173. The van der Waals surface area contributed by atoms with Crippen LogP contribution in [0.3, 0.4) is 0 Å². The summed E-state index contributed by atoms with van der Waals surface area (Å²) in [6.45, 7) is 5.78. The van der Waals surface area contributed by atoms with Gasteiger partial charge in [0, 0.05) is 22.6 Å². The second kappa shape index (κ2) is 11.8. The Morgan fingerprint density at radius 2 is 1.79 bits per heavy atom. The van der Waals surface area contributed by atoms with Crippen molar-refractivity contribution in [2.24, 2.45) is 0 Å². The zero-order valence-electron chi connectivity index (χ0n) is 19.5. The lowest BCUT2D eigenvalue weighted by Gasteiger charge is -2.31. The number of hydrogen-bond acceptors (Lipinski definition) is 3. The van der Waals surface area contributed by atoms with E-state index in [1.54, 1.807) is 25.1 Å². The van der Waals surface area contributed by atoms with Gasteiger partial charge in [0.25, 0.3) is 5.91 Å². The van der Waals surface area contributed by atoms with E-state index in [-0.39, 0.29) is 31.0 Å². The monoisotopic (exact) mass is 490 g/mol. The quantitative estimate of drug-likeness (QED) is 0.504. The van der Waals surface area contributed by atoms with Gasteiger partial charge in [-0.3, -0.25) is 9.59 Å². The first kappa shape index (κ1) is 25.4. The number of carbonyl (C=O) groups is 2. The minimum atomic E-state index is -0.672. The minimum Gasteiger partial charge on any atom is -0.484 e. The number of nitrogens with zero attached hydrogens (tertiary/aromatic N) is 1. The molecular formula is C26H32Cl2N2O3. The van der Waals surface area contributed by atoms with E-state index in [0.717, 1.165) is 42.4 Å². The van der Waals surface area contributed by atoms with Gasteiger partial charge in [-0.1, -0.05) is 54.6 Å². The molecule has 0 spiro atoms. The average Bonchev–Trinajstić information content (AvgIpc) is 2.79. The van der Waals surface area contributed by atoms with Crippen molar-refractivity contribution >= 4 is 35.0 Å². The van der Waals surface area contributed by atoms with Crippen molar-refractivity contribution in [1.82, 2.24) is 10.2 Å². The summed E-state index contributed by atoms with van der Waals surface area (Å²) < 4.78 is 5.77. The molecular weight excluding hydrogens is 459 g/mol. The fourth-order valence-corrected chi connectivity index (χ4v) is 4.48. The Hall–Kier alpha value is -2.24. The summed E-state index contributed by atoms with van der Waals surface area (Å²) >= 11 is 12.4. The predicted molar refractivity (Wildman–Crippen MR) is 133 cm³/mol. The Bertz CT molecular complexity index is 989. The smallest absolute Gasteiger partial charge is 0.261 e. The Morgan fingerprint density at radius 1 is 1.06 bits per heavy atom. The second-order valence-corrected chi connectivity index (χ2v) is 9.66. The summed E-state index contributed by atoms with van der Waals surface area (Å²) in [7, 11) is 0. The highest BCUT2D eigenvalue weighted by molar-refractivity contribution is 6.35. The predicted octanol–water partition coefficient (Wildman–Crippen LogP) is 5.86. The van der Waals surface area contributed by atoms with E-state index in [9.17, 15) is 9.59 Å². The number of nitrogens with one attached hydrogen (secondary N) is 1. The van der Waals surface area contributed by atoms with E-state index in [0.29, 0.717) is 15.8 Å². The van der Waals surface area contributed by atoms with Crippen LogP contribution in [0.15, 0.2) is 36.4 Å². The summed E-state index contributed by atoms with van der Waals surface area (Å²) in [5.41, 5.74) is 2.96. The van der Waals surface area contributed by atoms with Crippen LogP contribution >= 0.6 is 23.2 Å². The standard InChI is InChI=1S/C26H32Cl2N2O3/c1-17-9-12-23(13-18(17)2)33-16-25(31)30(15-20-10-11-21(27)14-24(20)28)19(3)26(32)29-22-7-5-4-6-8-22/h9-14,19,22H,4-8,15-16H2,1-3H3,(H,29,32)/t19-/m1/s1. The maximum absolute atomic E-state index is 13.2. The maximum atomic E-state index is 13.2. The first-order valence-electron chi connectivity index (χ1n) is 11.5. The van der Waals surface area contributed by atoms with Crippen molar-refractivity contribution < 1.29 is 14.3 Å². The molecule has 178 valence electrons. The summed E-state index contributed by atoms with van der Waals surface area (Å²) in [6.07, 6.45) is 5.40. The Balaban J connectivity index is 1.74. The fraction of sp³-hybridized carbons (Fsp3) is 0.462. The van der Waals surface area contributed by atoms with Crippen LogP contribution in [-0.2, 0) is 16.1 Å². The fourth-order valence-electron chi connectivity index (χ4n) is 4.02. The number of hydrogen-bond donors (Lipinski definition) is 1. The molecule has 2 aromatic carbocycles. The van der Waals surface area contributed by atoms with Crippen LogP contribution in [0.5, 0.6) is 5.75 Å². The molecule has 0 heterocycles. The summed E-state index contributed by atoms with van der Waals surface area (Å²) in [4.78, 5) is 27.8. The largest absolute Gasteiger partial charge is 0.484 e. The highest BCUT2D eigenvalue weighted by Crippen LogP contribution is 2.24. The number of ether oxygens (including phenoxy) is 1. The SMILES string of the molecule is Cc1ccc(OCC(=O)N(Cc2ccc(Cl)cc2Cl)[C@H](C)C(=O)NC2CCCCC2)cc1C. The van der Waals surface area contributed by atoms with Gasteiger partial charge in [0.15, 0.2) is 6.61 Å². The molecule has 1 fully saturated rings. The molecule has 0 unspecified atom stereocenters. The third-order valence-electron chi connectivity index (χ3n) is 6.32. The molecule has 0 aliphatic heterocycles. The van der Waals surface area contributed by atoms with Crippen molar-refractivity contribution in [2.75, 3.05) is 6.61 Å². The molecule has 33 heavy (non-hydrogen) atoms. The van der Waals surface area contributed by atoms with Crippen molar-refractivity contribution in [3.63, 3.8) is 0 Å². The van der Waals surface area contributed by atoms with Crippen LogP contribution < -0.4 is 10.1 Å². The van der Waals surface area contributed by atoms with Crippen LogP contribution in [0.4, 0.5) is 0 Å². The lowest BCUT2D eigenvalue weighted by atomic mass is 9.95. The highest BCUT2D eigenvalue weighted by atomic mass is 35.5. The lowest BCUT2D eigenvalue weighted by molar-refractivity contribution is -0.142. The number of benzene rings is 2. The van der Waals surface area contributed by atoms with Crippen molar-refractivity contribution in [1.29, 1.82) is 0 Å². The Labute approximate surface area is 206 Å². The average molecular weight is 491 g/mol. The molecule has 2 aromatic rings. The second-order valence-electron chi connectivity index (χ2n) is 8.81. The van der Waals surface area contributed by atoms with Crippen LogP contribution in [-0.4, -0.2) is 35.4 Å². The molecule has 0 saturated heterocycles. The van der Waals surface area contributed by atoms with Crippen LogP contribution in [0, 0.1) is 13.8 Å². The molecule has 3 rings (SSSR count). The molecule has 1 saturated carbocycles.